The molecule has 0 radical (unpaired) electrons. The summed E-state index contributed by atoms with van der Waals surface area (Å²) in [6.07, 6.45) is 2.53. The van der Waals surface area contributed by atoms with Crippen LogP contribution in [0.4, 0.5) is 11.4 Å². The van der Waals surface area contributed by atoms with Crippen molar-refractivity contribution in [3.63, 3.8) is 0 Å². The minimum Gasteiger partial charge on any atom is -0.496 e. The molecule has 7 rings (SSSR count). The number of sulfonamides is 2. The summed E-state index contributed by atoms with van der Waals surface area (Å²) in [5.74, 6) is -1.26. The smallest absolute Gasteiger partial charge is 0.335 e. The summed E-state index contributed by atoms with van der Waals surface area (Å²) in [6.45, 7) is 5.39. The quantitative estimate of drug-likeness (QED) is 0.0781. The molecule has 0 aliphatic rings. The van der Waals surface area contributed by atoms with Gasteiger partial charge in [-0.15, -0.1) is 0 Å². The van der Waals surface area contributed by atoms with Crippen LogP contribution in [-0.2, 0) is 45.7 Å². The third kappa shape index (κ3) is 11.3. The summed E-state index contributed by atoms with van der Waals surface area (Å²) in [7, 11) is -5.99. The van der Waals surface area contributed by atoms with E-state index < -0.39 is 32.0 Å². The number of ether oxygens (including phenoxy) is 1. The molecule has 324 valence electrons. The number of methoxy groups -OCH3 is 1. The molecule has 0 saturated carbocycles. The Balaban J connectivity index is 0.000000210. The third-order valence-electron chi connectivity index (χ3n) is 10.8. The van der Waals surface area contributed by atoms with Crippen LogP contribution in [-0.4, -0.2) is 46.1 Å². The topological polar surface area (TPSA) is 176 Å². The number of rotatable bonds is 15. The van der Waals surface area contributed by atoms with E-state index in [1.54, 1.807) is 118 Å². The normalized spacial score (nSPS) is 11.3. The fourth-order valence-electron chi connectivity index (χ4n) is 7.24. The maximum absolute atomic E-state index is 13.3. The number of carboxylic acids is 2. The molecule has 4 N–H and O–H groups in total. The number of para-hydroxylation sites is 2. The number of hydrogen-bond acceptors (Lipinski definition) is 7. The van der Waals surface area contributed by atoms with Crippen molar-refractivity contribution in [3.05, 3.63) is 196 Å². The highest BCUT2D eigenvalue weighted by Crippen LogP contribution is 2.32. The number of nitrogens with one attached hydrogen (secondary N) is 2. The van der Waals surface area contributed by atoms with Gasteiger partial charge in [-0.05, 0) is 151 Å². The predicted octanol–water partition coefficient (Wildman–Crippen LogP) is 10.0. The lowest BCUT2D eigenvalue weighted by Gasteiger charge is -2.18. The van der Waals surface area contributed by atoms with Crippen molar-refractivity contribution in [3.8, 4) is 5.75 Å². The van der Waals surface area contributed by atoms with Gasteiger partial charge in [-0.2, -0.15) is 0 Å². The molecule has 0 amide bonds. The minimum absolute atomic E-state index is 0.213. The fraction of sp³-hybridized carbons (Fsp3) is 0.160. The van der Waals surface area contributed by atoms with Gasteiger partial charge in [0.25, 0.3) is 20.0 Å². The molecule has 0 bridgehead atoms. The maximum atomic E-state index is 13.3. The first kappa shape index (κ1) is 45.6. The van der Waals surface area contributed by atoms with Gasteiger partial charge in [-0.1, -0.05) is 91.0 Å². The van der Waals surface area contributed by atoms with Crippen LogP contribution in [0, 0.1) is 20.8 Å². The molecule has 0 heterocycles. The highest BCUT2D eigenvalue weighted by Gasteiger charge is 2.24. The largest absolute Gasteiger partial charge is 0.496 e. The van der Waals surface area contributed by atoms with Gasteiger partial charge >= 0.3 is 11.9 Å². The minimum atomic E-state index is -3.81. The summed E-state index contributed by atoms with van der Waals surface area (Å²) in [4.78, 5) is 22.5. The van der Waals surface area contributed by atoms with Crippen molar-refractivity contribution in [1.29, 1.82) is 0 Å². The van der Waals surface area contributed by atoms with Crippen molar-refractivity contribution in [2.24, 2.45) is 0 Å². The molecule has 0 aromatic heterocycles. The Hall–Kier alpha value is -6.96. The second-order valence-corrected chi connectivity index (χ2v) is 18.3. The van der Waals surface area contributed by atoms with E-state index in [0.717, 1.165) is 38.6 Å². The molecule has 0 fully saturated rings. The summed E-state index contributed by atoms with van der Waals surface area (Å²) < 4.78 is 63.5. The van der Waals surface area contributed by atoms with Crippen LogP contribution in [0.15, 0.2) is 155 Å². The van der Waals surface area contributed by atoms with Gasteiger partial charge in [0.05, 0.1) is 39.4 Å². The molecular formula is C50H48N2O9S2. The van der Waals surface area contributed by atoms with Crippen molar-refractivity contribution in [1.82, 2.24) is 0 Å². The van der Waals surface area contributed by atoms with E-state index in [2.05, 4.69) is 9.44 Å². The van der Waals surface area contributed by atoms with Gasteiger partial charge in [0.15, 0.2) is 0 Å². The van der Waals surface area contributed by atoms with E-state index in [-0.39, 0.29) is 20.9 Å². The lowest BCUT2D eigenvalue weighted by atomic mass is 10.0. The van der Waals surface area contributed by atoms with Gasteiger partial charge in [0.2, 0.25) is 0 Å². The van der Waals surface area contributed by atoms with Crippen LogP contribution >= 0.6 is 0 Å². The highest BCUT2D eigenvalue weighted by atomic mass is 32.2. The number of carboxylic acid groups (broad SMARTS) is 2. The molecule has 0 atom stereocenters. The van der Waals surface area contributed by atoms with E-state index in [1.165, 1.54) is 0 Å². The van der Waals surface area contributed by atoms with Gasteiger partial charge < -0.3 is 14.9 Å². The van der Waals surface area contributed by atoms with Crippen molar-refractivity contribution < 1.29 is 41.4 Å². The van der Waals surface area contributed by atoms with E-state index in [1.807, 2.05) is 55.5 Å². The molecule has 0 aliphatic heterocycles. The zero-order chi connectivity index (χ0) is 45.3. The molecule has 11 nitrogen and oxygen atoms in total. The van der Waals surface area contributed by atoms with Crippen LogP contribution in [0.2, 0.25) is 0 Å². The number of anilines is 2. The standard InChI is InChI=1S/C25H27NO5S.C25H21NO4S/c1-16-15-23(31-4)17(2)18(3)24(16)32(29,30)26-22-8-6-5-7-20(22)12-9-19-10-13-21(14-11-19)25(27)28;27-25(28)21-13-10-18(11-14-21)9-12-20-6-3-4-8-24(20)26-31(29,30)23-16-15-19-5-1-2-7-22(19)17-23/h5-8,10-11,13-15,26H,9,12H2,1-4H3,(H,27,28);1-8,10-11,13-17,26H,9,12H2,(H,27,28). The monoisotopic (exact) mass is 884 g/mol. The first-order valence-electron chi connectivity index (χ1n) is 20.1. The maximum Gasteiger partial charge on any atom is 0.335 e. The molecule has 0 unspecified atom stereocenters. The zero-order valence-electron chi connectivity index (χ0n) is 35.3. The van der Waals surface area contributed by atoms with E-state index in [4.69, 9.17) is 14.9 Å². The average Bonchev–Trinajstić information content (AvgIpc) is 3.27. The number of hydrogen-bond donors (Lipinski definition) is 4. The first-order chi connectivity index (χ1) is 30.1. The second-order valence-electron chi connectivity index (χ2n) is 15.0. The summed E-state index contributed by atoms with van der Waals surface area (Å²) in [6, 6.07) is 42.5. The number of benzene rings is 7. The van der Waals surface area contributed by atoms with Crippen LogP contribution in [0.1, 0.15) is 59.7 Å². The molecule has 63 heavy (non-hydrogen) atoms. The fourth-order valence-corrected chi connectivity index (χ4v) is 10.0. The Bertz CT molecular complexity index is 3000. The summed E-state index contributed by atoms with van der Waals surface area (Å²) in [5, 5.41) is 19.9. The number of aromatic carboxylic acids is 2. The Kier molecular flexibility index (Phi) is 14.3. The first-order valence-corrected chi connectivity index (χ1v) is 23.0. The molecular weight excluding hydrogens is 837 g/mol. The Morgan fingerprint density at radius 3 is 1.48 bits per heavy atom. The lowest BCUT2D eigenvalue weighted by molar-refractivity contribution is 0.0686. The van der Waals surface area contributed by atoms with Crippen molar-refractivity contribution in [2.75, 3.05) is 16.6 Å². The molecule has 7 aromatic carbocycles. The molecule has 0 saturated heterocycles. The summed E-state index contributed by atoms with van der Waals surface area (Å²) >= 11 is 0. The Morgan fingerprint density at radius 2 is 0.984 bits per heavy atom. The zero-order valence-corrected chi connectivity index (χ0v) is 36.9. The third-order valence-corrected chi connectivity index (χ3v) is 13.8. The van der Waals surface area contributed by atoms with Crippen LogP contribution < -0.4 is 14.2 Å². The number of fused-ring (bicyclic) bond motifs is 1. The highest BCUT2D eigenvalue weighted by molar-refractivity contribution is 7.93. The Morgan fingerprint density at radius 1 is 0.524 bits per heavy atom. The van der Waals surface area contributed by atoms with Gasteiger partial charge in [-0.3, -0.25) is 9.44 Å². The predicted molar refractivity (Wildman–Crippen MR) is 247 cm³/mol. The second kappa shape index (κ2) is 19.8. The van der Waals surface area contributed by atoms with Crippen LogP contribution in [0.25, 0.3) is 10.8 Å². The molecule has 0 spiro atoms. The molecule has 0 aliphatic carbocycles. The SMILES string of the molecule is COc1cc(C)c(S(=O)(=O)Nc2ccccc2CCc2ccc(C(=O)O)cc2)c(C)c1C.O=C(O)c1ccc(CCc2ccccc2NS(=O)(=O)c2ccc3ccccc3c2)cc1. The average molecular weight is 885 g/mol. The van der Waals surface area contributed by atoms with Gasteiger partial charge in [0, 0.05) is 0 Å². The number of aryl methyl sites for hydroxylation is 5. The summed E-state index contributed by atoms with van der Waals surface area (Å²) in [5.41, 5.74) is 7.31. The van der Waals surface area contributed by atoms with E-state index in [0.29, 0.717) is 53.9 Å². The van der Waals surface area contributed by atoms with Gasteiger partial charge in [0.1, 0.15) is 5.75 Å². The number of carbonyl (C=O) groups is 2. The van der Waals surface area contributed by atoms with Crippen LogP contribution in [0.3, 0.4) is 0 Å². The van der Waals surface area contributed by atoms with Crippen LogP contribution in [0.5, 0.6) is 5.75 Å². The lowest BCUT2D eigenvalue weighted by Crippen LogP contribution is -2.17. The Labute approximate surface area is 368 Å². The molecule has 13 heteroatoms. The van der Waals surface area contributed by atoms with E-state index >= 15 is 0 Å². The molecule has 7 aromatic rings. The van der Waals surface area contributed by atoms with Crippen molar-refractivity contribution in [2.45, 2.75) is 56.2 Å². The van der Waals surface area contributed by atoms with Crippen molar-refractivity contribution >= 4 is 54.1 Å². The van der Waals surface area contributed by atoms with E-state index in [9.17, 15) is 26.4 Å². The van der Waals surface area contributed by atoms with Gasteiger partial charge in [-0.25, -0.2) is 26.4 Å².